The smallest absolute Gasteiger partial charge is 0.409 e. The lowest BCUT2D eigenvalue weighted by Crippen LogP contribution is -2.49. The Morgan fingerprint density at radius 3 is 2.52 bits per heavy atom. The van der Waals surface area contributed by atoms with E-state index in [1.54, 1.807) is 0 Å². The monoisotopic (exact) mass is 477 g/mol. The number of hydrogen-bond donors (Lipinski definition) is 3. The number of sulfonamides is 1. The first-order chi connectivity index (χ1) is 15.6. The average molecular weight is 478 g/mol. The van der Waals surface area contributed by atoms with Gasteiger partial charge in [0, 0.05) is 11.6 Å². The number of ether oxygens (including phenoxy) is 1. The van der Waals surface area contributed by atoms with E-state index in [1.165, 1.54) is 18.2 Å². The number of amides is 2. The molecule has 0 spiro atoms. The molecule has 1 aliphatic heterocycles. The van der Waals surface area contributed by atoms with Gasteiger partial charge in [-0.05, 0) is 61.2 Å². The number of carbonyl (C=O) groups is 2. The fourth-order valence-electron chi connectivity index (χ4n) is 4.06. The second kappa shape index (κ2) is 8.89. The first-order valence-corrected chi connectivity index (χ1v) is 11.9. The molecule has 2 aromatic carbocycles. The maximum atomic E-state index is 13.4. The summed E-state index contributed by atoms with van der Waals surface area (Å²) in [4.78, 5) is 23.2. The van der Waals surface area contributed by atoms with Crippen molar-refractivity contribution in [1.82, 2.24) is 5.32 Å². The van der Waals surface area contributed by atoms with E-state index in [4.69, 9.17) is 9.84 Å². The van der Waals surface area contributed by atoms with E-state index in [2.05, 4.69) is 17.6 Å². The topological polar surface area (TPSA) is 125 Å². The van der Waals surface area contributed by atoms with Gasteiger partial charge in [0.15, 0.2) is 0 Å². The van der Waals surface area contributed by atoms with Crippen LogP contribution in [0, 0.1) is 17.7 Å². The van der Waals surface area contributed by atoms with Crippen molar-refractivity contribution in [3.05, 3.63) is 48.3 Å². The van der Waals surface area contributed by atoms with Crippen molar-refractivity contribution in [1.29, 1.82) is 0 Å². The predicted octanol–water partition coefficient (Wildman–Crippen LogP) is 3.03. The van der Waals surface area contributed by atoms with Crippen LogP contribution in [0.4, 0.5) is 20.6 Å². The molecule has 0 aromatic heterocycles. The zero-order chi connectivity index (χ0) is 23.8. The van der Waals surface area contributed by atoms with Crippen molar-refractivity contribution >= 4 is 33.4 Å². The Hall–Kier alpha value is -3.34. The molecule has 2 aromatic rings. The van der Waals surface area contributed by atoms with Crippen LogP contribution >= 0.6 is 0 Å². The van der Waals surface area contributed by atoms with Crippen LogP contribution in [0.1, 0.15) is 19.8 Å². The second-order valence-corrected chi connectivity index (χ2v) is 10.2. The predicted molar refractivity (Wildman–Crippen MR) is 118 cm³/mol. The maximum absolute atomic E-state index is 13.4. The number of fused-ring (bicyclic) bond motifs is 1. The standard InChI is InChI=1S/C22H24FN3O6S/c1-13-8-14(9-13)21(27)24-11-17-12-26(33(30,31)18-5-2-15(23)3-6-18)19-10-16(25-22(28)29)4-7-20(19)32-17/h2-7,10,13-14,17,25H,8-9,11-12H2,1H3,(H,24,27)(H,28,29). The molecule has 2 aliphatic rings. The van der Waals surface area contributed by atoms with Crippen molar-refractivity contribution in [3.8, 4) is 5.75 Å². The molecule has 1 atom stereocenters. The van der Waals surface area contributed by atoms with Gasteiger partial charge in [-0.3, -0.25) is 14.4 Å². The van der Waals surface area contributed by atoms with Crippen molar-refractivity contribution in [2.24, 2.45) is 11.8 Å². The largest absolute Gasteiger partial charge is 0.484 e. The van der Waals surface area contributed by atoms with Crippen molar-refractivity contribution in [3.63, 3.8) is 0 Å². The number of nitrogens with zero attached hydrogens (tertiary/aromatic N) is 1. The van der Waals surface area contributed by atoms with Gasteiger partial charge in [-0.1, -0.05) is 6.92 Å². The minimum absolute atomic E-state index is 0.0421. The van der Waals surface area contributed by atoms with Gasteiger partial charge in [-0.15, -0.1) is 0 Å². The summed E-state index contributed by atoms with van der Waals surface area (Å²) < 4.78 is 47.2. The third-order valence-corrected chi connectivity index (χ3v) is 7.59. The fourth-order valence-corrected chi connectivity index (χ4v) is 5.55. The van der Waals surface area contributed by atoms with Crippen LogP contribution in [0.25, 0.3) is 0 Å². The molecule has 1 saturated carbocycles. The number of carbonyl (C=O) groups excluding carboxylic acids is 1. The molecule has 3 N–H and O–H groups in total. The molecule has 1 fully saturated rings. The molecule has 0 bridgehead atoms. The van der Waals surface area contributed by atoms with E-state index in [0.717, 1.165) is 41.4 Å². The van der Waals surface area contributed by atoms with Crippen molar-refractivity contribution in [2.75, 3.05) is 22.7 Å². The Morgan fingerprint density at radius 2 is 1.88 bits per heavy atom. The highest BCUT2D eigenvalue weighted by Gasteiger charge is 2.36. The van der Waals surface area contributed by atoms with Crippen LogP contribution in [0.5, 0.6) is 5.75 Å². The number of hydrogen-bond acceptors (Lipinski definition) is 5. The third-order valence-electron chi connectivity index (χ3n) is 5.79. The highest BCUT2D eigenvalue weighted by Crippen LogP contribution is 2.39. The van der Waals surface area contributed by atoms with Crippen LogP contribution < -0.4 is 19.7 Å². The molecule has 11 heteroatoms. The van der Waals surface area contributed by atoms with E-state index in [0.29, 0.717) is 5.92 Å². The van der Waals surface area contributed by atoms with Crippen LogP contribution in [0.3, 0.4) is 0 Å². The third kappa shape index (κ3) is 4.87. The summed E-state index contributed by atoms with van der Waals surface area (Å²) in [6.07, 6.45) is -0.326. The molecular formula is C22H24FN3O6S. The van der Waals surface area contributed by atoms with Crippen LogP contribution in [-0.2, 0) is 14.8 Å². The number of benzene rings is 2. The Labute approximate surface area is 190 Å². The highest BCUT2D eigenvalue weighted by molar-refractivity contribution is 7.92. The van der Waals surface area contributed by atoms with Gasteiger partial charge < -0.3 is 15.2 Å². The van der Waals surface area contributed by atoms with Gasteiger partial charge in [0.1, 0.15) is 17.7 Å². The first-order valence-electron chi connectivity index (χ1n) is 10.5. The number of carboxylic acid groups (broad SMARTS) is 1. The summed E-state index contributed by atoms with van der Waals surface area (Å²) in [5, 5.41) is 14.0. The van der Waals surface area contributed by atoms with Crippen LogP contribution in [0.15, 0.2) is 47.4 Å². The average Bonchev–Trinajstić information content (AvgIpc) is 2.74. The molecule has 33 heavy (non-hydrogen) atoms. The fraction of sp³-hybridized carbons (Fsp3) is 0.364. The van der Waals surface area contributed by atoms with Crippen molar-refractivity contribution in [2.45, 2.75) is 30.8 Å². The Balaban J connectivity index is 1.61. The zero-order valence-corrected chi connectivity index (χ0v) is 18.6. The Kier molecular flexibility index (Phi) is 6.15. The summed E-state index contributed by atoms with van der Waals surface area (Å²) in [6, 6.07) is 8.69. The number of nitrogens with one attached hydrogen (secondary N) is 2. The molecule has 4 rings (SSSR count). The summed E-state index contributed by atoms with van der Waals surface area (Å²) in [7, 11) is -4.13. The quantitative estimate of drug-likeness (QED) is 0.587. The highest BCUT2D eigenvalue weighted by atomic mass is 32.2. The van der Waals surface area contributed by atoms with E-state index < -0.39 is 28.0 Å². The minimum atomic E-state index is -4.13. The molecule has 1 unspecified atom stereocenters. The summed E-state index contributed by atoms with van der Waals surface area (Å²) in [5.41, 5.74) is 0.302. The maximum Gasteiger partial charge on any atom is 0.409 e. The SMILES string of the molecule is CC1CC(C(=O)NCC2CN(S(=O)(=O)c3ccc(F)cc3)c3cc(NC(=O)O)ccc3O2)C1. The van der Waals surface area contributed by atoms with Crippen molar-refractivity contribution < 1.29 is 32.2 Å². The molecule has 0 saturated heterocycles. The summed E-state index contributed by atoms with van der Waals surface area (Å²) in [6.45, 7) is 2.06. The molecule has 0 radical (unpaired) electrons. The molecule has 1 heterocycles. The normalized spacial score (nSPS) is 21.9. The molecule has 9 nitrogen and oxygen atoms in total. The molecular weight excluding hydrogens is 453 g/mol. The van der Waals surface area contributed by atoms with Crippen LogP contribution in [0.2, 0.25) is 0 Å². The molecule has 2 amide bonds. The lowest BCUT2D eigenvalue weighted by Gasteiger charge is -2.36. The van der Waals surface area contributed by atoms with Gasteiger partial charge in [0.25, 0.3) is 10.0 Å². The minimum Gasteiger partial charge on any atom is -0.484 e. The molecule has 1 aliphatic carbocycles. The Bertz CT molecular complexity index is 1170. The van der Waals surface area contributed by atoms with Gasteiger partial charge >= 0.3 is 6.09 Å². The number of rotatable bonds is 6. The summed E-state index contributed by atoms with van der Waals surface area (Å²) >= 11 is 0. The van der Waals surface area contributed by atoms with Gasteiger partial charge in [-0.25, -0.2) is 17.6 Å². The van der Waals surface area contributed by atoms with Crippen LogP contribution in [-0.4, -0.2) is 44.7 Å². The second-order valence-electron chi connectivity index (χ2n) is 8.36. The first kappa shape index (κ1) is 22.8. The number of halogens is 1. The lowest BCUT2D eigenvalue weighted by molar-refractivity contribution is -0.129. The Morgan fingerprint density at radius 1 is 1.18 bits per heavy atom. The van der Waals surface area contributed by atoms with E-state index in [1.807, 2.05) is 0 Å². The molecule has 176 valence electrons. The summed E-state index contributed by atoms with van der Waals surface area (Å²) in [5.74, 6) is 0.0362. The van der Waals surface area contributed by atoms with Gasteiger partial charge in [0.05, 0.1) is 23.7 Å². The zero-order valence-electron chi connectivity index (χ0n) is 17.8. The van der Waals surface area contributed by atoms with E-state index in [-0.39, 0.29) is 46.9 Å². The van der Waals surface area contributed by atoms with E-state index >= 15 is 0 Å². The van der Waals surface area contributed by atoms with Gasteiger partial charge in [0.2, 0.25) is 5.91 Å². The number of anilines is 2. The lowest BCUT2D eigenvalue weighted by atomic mass is 9.76. The van der Waals surface area contributed by atoms with Gasteiger partial charge in [-0.2, -0.15) is 0 Å². The van der Waals surface area contributed by atoms with E-state index in [9.17, 15) is 22.4 Å².